The predicted octanol–water partition coefficient (Wildman–Crippen LogP) is 2.21. The highest BCUT2D eigenvalue weighted by Gasteiger charge is 2.19. The van der Waals surface area contributed by atoms with E-state index in [1.807, 2.05) is 29.2 Å². The molecule has 146 valence electrons. The molecule has 1 amide bonds. The van der Waals surface area contributed by atoms with E-state index in [0.29, 0.717) is 19.0 Å². The molecule has 1 fully saturated rings. The van der Waals surface area contributed by atoms with Gasteiger partial charge in [0.1, 0.15) is 0 Å². The quantitative estimate of drug-likeness (QED) is 0.813. The van der Waals surface area contributed by atoms with Crippen LogP contribution in [0.5, 0.6) is 0 Å². The summed E-state index contributed by atoms with van der Waals surface area (Å²) in [6.45, 7) is 9.23. The molecule has 1 saturated heterocycles. The maximum Gasteiger partial charge on any atom is 0.220 e. The van der Waals surface area contributed by atoms with Crippen molar-refractivity contribution in [2.75, 3.05) is 33.2 Å². The Labute approximate surface area is 162 Å². The van der Waals surface area contributed by atoms with Gasteiger partial charge in [0, 0.05) is 56.9 Å². The first kappa shape index (κ1) is 19.6. The Morgan fingerprint density at radius 3 is 2.78 bits per heavy atom. The van der Waals surface area contributed by atoms with Crippen LogP contribution < -0.4 is 5.32 Å². The van der Waals surface area contributed by atoms with Crippen LogP contribution in [0.25, 0.3) is 5.69 Å². The molecule has 1 aliphatic heterocycles. The van der Waals surface area contributed by atoms with E-state index in [0.717, 1.165) is 43.9 Å². The number of piperazine rings is 1. The van der Waals surface area contributed by atoms with Crippen molar-refractivity contribution in [1.29, 1.82) is 0 Å². The summed E-state index contributed by atoms with van der Waals surface area (Å²) in [5, 5.41) is 7.42. The Balaban J connectivity index is 1.42. The molecular weight excluding hydrogens is 338 g/mol. The number of aryl methyl sites for hydroxylation is 1. The van der Waals surface area contributed by atoms with Crippen LogP contribution in [-0.2, 0) is 11.3 Å². The van der Waals surface area contributed by atoms with E-state index in [4.69, 9.17) is 0 Å². The van der Waals surface area contributed by atoms with Crippen molar-refractivity contribution < 1.29 is 4.79 Å². The molecule has 2 heterocycles. The van der Waals surface area contributed by atoms with Gasteiger partial charge in [0.2, 0.25) is 5.91 Å². The summed E-state index contributed by atoms with van der Waals surface area (Å²) in [4.78, 5) is 17.1. The molecular formula is C21H31N5O. The Kier molecular flexibility index (Phi) is 6.63. The van der Waals surface area contributed by atoms with Crippen LogP contribution in [0.4, 0.5) is 0 Å². The van der Waals surface area contributed by atoms with Crippen molar-refractivity contribution >= 4 is 5.91 Å². The molecule has 1 N–H and O–H groups in total. The zero-order valence-corrected chi connectivity index (χ0v) is 16.7. The molecule has 3 rings (SSSR count). The number of rotatable bonds is 7. The monoisotopic (exact) mass is 369 g/mol. The van der Waals surface area contributed by atoms with Gasteiger partial charge in [-0.15, -0.1) is 0 Å². The molecule has 0 radical (unpaired) electrons. The fourth-order valence-corrected chi connectivity index (χ4v) is 3.44. The fourth-order valence-electron chi connectivity index (χ4n) is 3.44. The van der Waals surface area contributed by atoms with Gasteiger partial charge in [-0.1, -0.05) is 12.1 Å². The molecule has 0 aliphatic carbocycles. The van der Waals surface area contributed by atoms with E-state index >= 15 is 0 Å². The number of amides is 1. The molecule has 6 heteroatoms. The number of benzene rings is 1. The first-order chi connectivity index (χ1) is 13.0. The summed E-state index contributed by atoms with van der Waals surface area (Å²) in [5.41, 5.74) is 3.25. The van der Waals surface area contributed by atoms with Gasteiger partial charge >= 0.3 is 0 Å². The van der Waals surface area contributed by atoms with E-state index in [-0.39, 0.29) is 5.91 Å². The summed E-state index contributed by atoms with van der Waals surface area (Å²) >= 11 is 0. The van der Waals surface area contributed by atoms with Crippen molar-refractivity contribution in [3.8, 4) is 5.69 Å². The van der Waals surface area contributed by atoms with Gasteiger partial charge in [-0.3, -0.25) is 9.69 Å². The number of aromatic nitrogens is 2. The number of hydrogen-bond donors (Lipinski definition) is 1. The zero-order chi connectivity index (χ0) is 19.2. The van der Waals surface area contributed by atoms with E-state index in [1.54, 1.807) is 0 Å². The van der Waals surface area contributed by atoms with Gasteiger partial charge in [0.05, 0.1) is 11.9 Å². The van der Waals surface area contributed by atoms with Crippen molar-refractivity contribution in [1.82, 2.24) is 24.9 Å². The lowest BCUT2D eigenvalue weighted by Gasteiger charge is -2.36. The first-order valence-electron chi connectivity index (χ1n) is 9.81. The largest absolute Gasteiger partial charge is 0.352 e. The number of likely N-dealkylation sites (N-methyl/N-ethyl adjacent to an activating group) is 1. The van der Waals surface area contributed by atoms with Crippen molar-refractivity contribution in [2.24, 2.45) is 0 Å². The standard InChI is InChI=1S/C21H31N5O/c1-17-5-4-6-20(13-17)26-16-19(15-23-26)14-22-21(27)8-7-18(2)25-11-9-24(3)10-12-25/h4-6,13,15-16,18H,7-12,14H2,1-3H3,(H,22,27). The number of hydrogen-bond acceptors (Lipinski definition) is 4. The molecule has 1 unspecified atom stereocenters. The maximum atomic E-state index is 12.2. The molecule has 0 spiro atoms. The van der Waals surface area contributed by atoms with Gasteiger partial charge in [-0.25, -0.2) is 4.68 Å². The summed E-state index contributed by atoms with van der Waals surface area (Å²) in [7, 11) is 2.16. The van der Waals surface area contributed by atoms with E-state index in [1.165, 1.54) is 5.56 Å². The van der Waals surface area contributed by atoms with Crippen LogP contribution in [0.3, 0.4) is 0 Å². The summed E-state index contributed by atoms with van der Waals surface area (Å²) < 4.78 is 1.85. The molecule has 0 saturated carbocycles. The minimum atomic E-state index is 0.110. The van der Waals surface area contributed by atoms with Crippen LogP contribution >= 0.6 is 0 Å². The van der Waals surface area contributed by atoms with Gasteiger partial charge in [0.25, 0.3) is 0 Å². The van der Waals surface area contributed by atoms with E-state index in [9.17, 15) is 4.79 Å². The normalized spacial score (nSPS) is 17.0. The van der Waals surface area contributed by atoms with Gasteiger partial charge < -0.3 is 10.2 Å². The number of carbonyl (C=O) groups excluding carboxylic acids is 1. The molecule has 1 aromatic carbocycles. The fraction of sp³-hybridized carbons (Fsp3) is 0.524. The molecule has 1 atom stereocenters. The maximum absolute atomic E-state index is 12.2. The van der Waals surface area contributed by atoms with Gasteiger partial charge in [0.15, 0.2) is 0 Å². The first-order valence-corrected chi connectivity index (χ1v) is 9.81. The van der Waals surface area contributed by atoms with Gasteiger partial charge in [-0.05, 0) is 45.0 Å². The highest BCUT2D eigenvalue weighted by Crippen LogP contribution is 2.12. The smallest absolute Gasteiger partial charge is 0.220 e. The molecule has 27 heavy (non-hydrogen) atoms. The molecule has 2 aromatic rings. The van der Waals surface area contributed by atoms with Crippen LogP contribution in [-0.4, -0.2) is 64.8 Å². The summed E-state index contributed by atoms with van der Waals surface area (Å²) in [5.74, 6) is 0.110. The lowest BCUT2D eigenvalue weighted by atomic mass is 10.1. The Bertz CT molecular complexity index is 749. The van der Waals surface area contributed by atoms with Crippen molar-refractivity contribution in [2.45, 2.75) is 39.3 Å². The Morgan fingerprint density at radius 1 is 1.26 bits per heavy atom. The third-order valence-electron chi connectivity index (χ3n) is 5.34. The van der Waals surface area contributed by atoms with Crippen LogP contribution in [0, 0.1) is 6.92 Å². The number of nitrogens with zero attached hydrogens (tertiary/aromatic N) is 4. The lowest BCUT2D eigenvalue weighted by Crippen LogP contribution is -2.48. The number of carbonyl (C=O) groups is 1. The molecule has 6 nitrogen and oxygen atoms in total. The lowest BCUT2D eigenvalue weighted by molar-refractivity contribution is -0.121. The minimum Gasteiger partial charge on any atom is -0.352 e. The van der Waals surface area contributed by atoms with Crippen molar-refractivity contribution in [3.05, 3.63) is 47.8 Å². The number of nitrogens with one attached hydrogen (secondary N) is 1. The second kappa shape index (κ2) is 9.15. The minimum absolute atomic E-state index is 0.110. The third-order valence-corrected chi connectivity index (χ3v) is 5.34. The average Bonchev–Trinajstić information content (AvgIpc) is 3.14. The Morgan fingerprint density at radius 2 is 2.04 bits per heavy atom. The summed E-state index contributed by atoms with van der Waals surface area (Å²) in [6.07, 6.45) is 5.26. The topological polar surface area (TPSA) is 53.4 Å². The molecule has 0 bridgehead atoms. The van der Waals surface area contributed by atoms with Crippen LogP contribution in [0.1, 0.15) is 30.9 Å². The third kappa shape index (κ3) is 5.65. The summed E-state index contributed by atoms with van der Waals surface area (Å²) in [6, 6.07) is 8.66. The van der Waals surface area contributed by atoms with Crippen molar-refractivity contribution in [3.63, 3.8) is 0 Å². The molecule has 1 aromatic heterocycles. The SMILES string of the molecule is Cc1cccc(-n2cc(CNC(=O)CCC(C)N3CCN(C)CC3)cn2)c1. The highest BCUT2D eigenvalue weighted by atomic mass is 16.1. The average molecular weight is 370 g/mol. The zero-order valence-electron chi connectivity index (χ0n) is 16.7. The second-order valence-corrected chi connectivity index (χ2v) is 7.64. The van der Waals surface area contributed by atoms with E-state index in [2.05, 4.69) is 53.2 Å². The Hall–Kier alpha value is -2.18. The predicted molar refractivity (Wildman–Crippen MR) is 108 cm³/mol. The highest BCUT2D eigenvalue weighted by molar-refractivity contribution is 5.75. The van der Waals surface area contributed by atoms with Crippen LogP contribution in [0.2, 0.25) is 0 Å². The van der Waals surface area contributed by atoms with Crippen LogP contribution in [0.15, 0.2) is 36.7 Å². The molecule has 1 aliphatic rings. The van der Waals surface area contributed by atoms with Gasteiger partial charge in [-0.2, -0.15) is 5.10 Å². The second-order valence-electron chi connectivity index (χ2n) is 7.64. The van der Waals surface area contributed by atoms with E-state index < -0.39 is 0 Å².